The molecule has 1 amide bonds. The first-order valence-corrected chi connectivity index (χ1v) is 11.6. The number of rotatable bonds is 7. The van der Waals surface area contributed by atoms with Crippen molar-refractivity contribution in [2.24, 2.45) is 5.10 Å². The van der Waals surface area contributed by atoms with Gasteiger partial charge in [-0.2, -0.15) is 5.10 Å². The topological polar surface area (TPSA) is 73.1 Å². The SMILES string of the molecule is COc1cc(/C=N/NC(=O)c2cc3cc(Br)ccc3o2)cc(Br)c1OCc1cccc(C)c1. The minimum atomic E-state index is -0.442. The number of fused-ring (bicyclic) bond motifs is 1. The van der Waals surface area contributed by atoms with Crippen molar-refractivity contribution < 1.29 is 18.7 Å². The Morgan fingerprint density at radius 1 is 1.12 bits per heavy atom. The third-order valence-corrected chi connectivity index (χ3v) is 5.88. The molecule has 4 aromatic rings. The van der Waals surface area contributed by atoms with Gasteiger partial charge < -0.3 is 13.9 Å². The summed E-state index contributed by atoms with van der Waals surface area (Å²) >= 11 is 6.94. The molecule has 0 spiro atoms. The number of carbonyl (C=O) groups excluding carboxylic acids is 1. The fraction of sp³-hybridized carbons (Fsp3) is 0.120. The third-order valence-electron chi connectivity index (χ3n) is 4.80. The molecule has 6 nitrogen and oxygen atoms in total. The van der Waals surface area contributed by atoms with E-state index in [9.17, 15) is 4.79 Å². The van der Waals surface area contributed by atoms with Gasteiger partial charge in [0.1, 0.15) is 12.2 Å². The molecule has 0 saturated heterocycles. The van der Waals surface area contributed by atoms with Crippen molar-refractivity contribution in [2.45, 2.75) is 13.5 Å². The molecule has 0 unspecified atom stereocenters. The van der Waals surface area contributed by atoms with Crippen molar-refractivity contribution in [2.75, 3.05) is 7.11 Å². The van der Waals surface area contributed by atoms with Gasteiger partial charge in [0.2, 0.25) is 0 Å². The van der Waals surface area contributed by atoms with Gasteiger partial charge in [0.05, 0.1) is 17.8 Å². The highest BCUT2D eigenvalue weighted by molar-refractivity contribution is 9.10. The zero-order chi connectivity index (χ0) is 23.4. The molecule has 8 heteroatoms. The van der Waals surface area contributed by atoms with Gasteiger partial charge in [-0.05, 0) is 70.4 Å². The summed E-state index contributed by atoms with van der Waals surface area (Å²) < 4.78 is 18.7. The first-order valence-electron chi connectivity index (χ1n) is 10.0. The Morgan fingerprint density at radius 3 is 2.76 bits per heavy atom. The number of carbonyl (C=O) groups is 1. The van der Waals surface area contributed by atoms with Crippen LogP contribution < -0.4 is 14.9 Å². The standard InChI is InChI=1S/C25H20Br2N2O4/c1-15-4-3-5-16(8-15)14-32-24-20(27)9-17(10-22(24)31-2)13-28-29-25(30)23-12-18-11-19(26)6-7-21(18)33-23/h3-13H,14H2,1-2H3,(H,29,30)/b28-13+. The van der Waals surface area contributed by atoms with Gasteiger partial charge in [0.25, 0.3) is 0 Å². The molecule has 168 valence electrons. The minimum Gasteiger partial charge on any atom is -0.493 e. The van der Waals surface area contributed by atoms with Crippen molar-refractivity contribution in [1.82, 2.24) is 5.43 Å². The summed E-state index contributed by atoms with van der Waals surface area (Å²) in [5.74, 6) is 0.878. The Morgan fingerprint density at radius 2 is 1.97 bits per heavy atom. The zero-order valence-corrected chi connectivity index (χ0v) is 21.1. The molecule has 0 bridgehead atoms. The van der Waals surface area contributed by atoms with E-state index in [1.807, 2.05) is 43.3 Å². The number of nitrogens with zero attached hydrogens (tertiary/aromatic N) is 1. The van der Waals surface area contributed by atoms with Gasteiger partial charge in [0, 0.05) is 9.86 Å². The van der Waals surface area contributed by atoms with E-state index >= 15 is 0 Å². The number of benzene rings is 3. The van der Waals surface area contributed by atoms with E-state index in [1.165, 1.54) is 11.8 Å². The summed E-state index contributed by atoms with van der Waals surface area (Å²) in [6.45, 7) is 2.45. The number of amides is 1. The molecule has 4 rings (SSSR count). The highest BCUT2D eigenvalue weighted by atomic mass is 79.9. The van der Waals surface area contributed by atoms with E-state index in [4.69, 9.17) is 13.9 Å². The summed E-state index contributed by atoms with van der Waals surface area (Å²) in [4.78, 5) is 12.4. The largest absolute Gasteiger partial charge is 0.493 e. The van der Waals surface area contributed by atoms with Crippen LogP contribution in [0.2, 0.25) is 0 Å². The molecule has 1 aromatic heterocycles. The lowest BCUT2D eigenvalue weighted by Crippen LogP contribution is -2.16. The maximum atomic E-state index is 12.4. The van der Waals surface area contributed by atoms with Crippen LogP contribution in [0.1, 0.15) is 27.2 Å². The van der Waals surface area contributed by atoms with Crippen LogP contribution in [-0.2, 0) is 6.61 Å². The van der Waals surface area contributed by atoms with Crippen LogP contribution in [0.5, 0.6) is 11.5 Å². The van der Waals surface area contributed by atoms with E-state index in [0.29, 0.717) is 28.2 Å². The number of hydrazone groups is 1. The van der Waals surface area contributed by atoms with Crippen LogP contribution >= 0.6 is 31.9 Å². The molecule has 3 aromatic carbocycles. The van der Waals surface area contributed by atoms with Crippen LogP contribution in [0.4, 0.5) is 0 Å². The van der Waals surface area contributed by atoms with E-state index < -0.39 is 5.91 Å². The van der Waals surface area contributed by atoms with Gasteiger partial charge in [-0.25, -0.2) is 5.43 Å². The molecule has 0 aliphatic rings. The lowest BCUT2D eigenvalue weighted by Gasteiger charge is -2.13. The fourth-order valence-electron chi connectivity index (χ4n) is 3.26. The number of hydrogen-bond donors (Lipinski definition) is 1. The van der Waals surface area contributed by atoms with Crippen molar-refractivity contribution in [3.63, 3.8) is 0 Å². The normalized spacial score (nSPS) is 11.2. The summed E-state index contributed by atoms with van der Waals surface area (Å²) in [7, 11) is 1.57. The van der Waals surface area contributed by atoms with Gasteiger partial charge in [-0.3, -0.25) is 4.79 Å². The Hall–Kier alpha value is -3.10. The number of aryl methyl sites for hydroxylation is 1. The minimum absolute atomic E-state index is 0.180. The number of methoxy groups -OCH3 is 1. The summed E-state index contributed by atoms with van der Waals surface area (Å²) in [5.41, 5.74) is 6.07. The average molecular weight is 572 g/mol. The molecule has 0 aliphatic carbocycles. The number of ether oxygens (including phenoxy) is 2. The fourth-order valence-corrected chi connectivity index (χ4v) is 4.21. The van der Waals surface area contributed by atoms with Crippen molar-refractivity contribution in [3.05, 3.63) is 92.1 Å². The number of nitrogens with one attached hydrogen (secondary N) is 1. The monoisotopic (exact) mass is 570 g/mol. The number of furan rings is 1. The van der Waals surface area contributed by atoms with E-state index in [2.05, 4.69) is 48.5 Å². The van der Waals surface area contributed by atoms with Gasteiger partial charge in [0.15, 0.2) is 17.3 Å². The Labute approximate surface area is 207 Å². The van der Waals surface area contributed by atoms with Crippen LogP contribution in [0.15, 0.2) is 79.1 Å². The Balaban J connectivity index is 1.44. The average Bonchev–Trinajstić information content (AvgIpc) is 3.21. The summed E-state index contributed by atoms with van der Waals surface area (Å²) in [6.07, 6.45) is 1.52. The van der Waals surface area contributed by atoms with Crippen LogP contribution in [0.3, 0.4) is 0 Å². The lowest BCUT2D eigenvalue weighted by atomic mass is 10.1. The lowest BCUT2D eigenvalue weighted by molar-refractivity contribution is 0.0929. The molecule has 0 aliphatic heterocycles. The molecule has 33 heavy (non-hydrogen) atoms. The molecule has 0 radical (unpaired) electrons. The van der Waals surface area contributed by atoms with Crippen molar-refractivity contribution in [1.29, 1.82) is 0 Å². The molecule has 1 N–H and O–H groups in total. The van der Waals surface area contributed by atoms with Crippen LogP contribution in [0.25, 0.3) is 11.0 Å². The van der Waals surface area contributed by atoms with E-state index in [0.717, 1.165) is 21.0 Å². The second-order valence-electron chi connectivity index (χ2n) is 7.30. The van der Waals surface area contributed by atoms with E-state index in [1.54, 1.807) is 25.3 Å². The molecular formula is C25H20Br2N2O4. The van der Waals surface area contributed by atoms with Gasteiger partial charge >= 0.3 is 5.91 Å². The van der Waals surface area contributed by atoms with Crippen molar-refractivity contribution >= 4 is 55.0 Å². The quantitative estimate of drug-likeness (QED) is 0.200. The second kappa shape index (κ2) is 10.2. The van der Waals surface area contributed by atoms with E-state index in [-0.39, 0.29) is 5.76 Å². The summed E-state index contributed by atoms with van der Waals surface area (Å²) in [5, 5.41) is 4.87. The molecule has 0 fully saturated rings. The van der Waals surface area contributed by atoms with Crippen molar-refractivity contribution in [3.8, 4) is 11.5 Å². The van der Waals surface area contributed by atoms with Crippen LogP contribution in [-0.4, -0.2) is 19.2 Å². The first kappa shape index (κ1) is 23.1. The predicted molar refractivity (Wildman–Crippen MR) is 135 cm³/mol. The second-order valence-corrected chi connectivity index (χ2v) is 9.07. The third kappa shape index (κ3) is 5.64. The molecule has 0 atom stereocenters. The predicted octanol–water partition coefficient (Wildman–Crippen LogP) is 6.62. The van der Waals surface area contributed by atoms with Gasteiger partial charge in [-0.1, -0.05) is 45.8 Å². The highest BCUT2D eigenvalue weighted by Gasteiger charge is 2.13. The maximum Gasteiger partial charge on any atom is 0.307 e. The molecular weight excluding hydrogens is 552 g/mol. The van der Waals surface area contributed by atoms with Gasteiger partial charge in [-0.15, -0.1) is 0 Å². The Kier molecular flexibility index (Phi) is 7.15. The zero-order valence-electron chi connectivity index (χ0n) is 17.9. The summed E-state index contributed by atoms with van der Waals surface area (Å²) in [6, 6.07) is 18.9. The highest BCUT2D eigenvalue weighted by Crippen LogP contribution is 2.37. The molecule has 0 saturated carbocycles. The first-order chi connectivity index (χ1) is 15.9. The maximum absolute atomic E-state index is 12.4. The molecule has 1 heterocycles. The Bertz CT molecular complexity index is 1350. The smallest absolute Gasteiger partial charge is 0.307 e. The number of hydrogen-bond acceptors (Lipinski definition) is 5. The van der Waals surface area contributed by atoms with Crippen LogP contribution in [0, 0.1) is 6.92 Å². The number of halogens is 2.